The molecule has 0 aliphatic heterocycles. The van der Waals surface area contributed by atoms with Gasteiger partial charge < -0.3 is 11.1 Å². The molecule has 0 heterocycles. The Morgan fingerprint density at radius 2 is 2.14 bits per heavy atom. The van der Waals surface area contributed by atoms with Gasteiger partial charge in [-0.05, 0) is 11.1 Å². The lowest BCUT2D eigenvalue weighted by atomic mass is 10.1. The predicted octanol–water partition coefficient (Wildman–Crippen LogP) is -0.0396. The molecular formula is C10H12N2O2. The van der Waals surface area contributed by atoms with Crippen molar-refractivity contribution in [1.82, 2.24) is 5.32 Å². The summed E-state index contributed by atoms with van der Waals surface area (Å²) < 4.78 is 0. The molecule has 4 heteroatoms. The van der Waals surface area contributed by atoms with Gasteiger partial charge in [0.15, 0.2) is 0 Å². The van der Waals surface area contributed by atoms with E-state index in [0.717, 1.165) is 11.1 Å². The molecule has 0 fully saturated rings. The van der Waals surface area contributed by atoms with E-state index < -0.39 is 0 Å². The van der Waals surface area contributed by atoms with Crippen LogP contribution in [0.2, 0.25) is 0 Å². The second kappa shape index (κ2) is 5.01. The molecule has 74 valence electrons. The van der Waals surface area contributed by atoms with E-state index in [1.165, 1.54) is 0 Å². The van der Waals surface area contributed by atoms with Crippen molar-refractivity contribution in [3.8, 4) is 0 Å². The standard InChI is InChI=1S/C10H12N2O2/c11-10(14)5-8-2-1-3-9(4-8)6-12-7-13/h1-4,7H,5-6H2,(H2,11,14)(H,12,13). The van der Waals surface area contributed by atoms with E-state index in [1.54, 1.807) is 0 Å². The van der Waals surface area contributed by atoms with Crippen molar-refractivity contribution < 1.29 is 9.59 Å². The van der Waals surface area contributed by atoms with Crippen LogP contribution >= 0.6 is 0 Å². The molecule has 0 unspecified atom stereocenters. The molecular weight excluding hydrogens is 180 g/mol. The molecule has 1 aromatic carbocycles. The normalized spacial score (nSPS) is 9.43. The Bertz CT molecular complexity index is 337. The van der Waals surface area contributed by atoms with Gasteiger partial charge in [0.25, 0.3) is 0 Å². The summed E-state index contributed by atoms with van der Waals surface area (Å²) in [5.74, 6) is -0.356. The Balaban J connectivity index is 2.68. The molecule has 0 saturated heterocycles. The van der Waals surface area contributed by atoms with Crippen LogP contribution in [-0.2, 0) is 22.6 Å². The van der Waals surface area contributed by atoms with Gasteiger partial charge in [0.2, 0.25) is 12.3 Å². The van der Waals surface area contributed by atoms with Gasteiger partial charge >= 0.3 is 0 Å². The van der Waals surface area contributed by atoms with Gasteiger partial charge in [0, 0.05) is 6.54 Å². The summed E-state index contributed by atoms with van der Waals surface area (Å²) in [6.45, 7) is 0.468. The van der Waals surface area contributed by atoms with Crippen molar-refractivity contribution in [2.24, 2.45) is 5.73 Å². The van der Waals surface area contributed by atoms with E-state index in [0.29, 0.717) is 13.0 Å². The van der Waals surface area contributed by atoms with Crippen LogP contribution in [0.15, 0.2) is 24.3 Å². The summed E-state index contributed by atoms with van der Waals surface area (Å²) in [6, 6.07) is 7.39. The van der Waals surface area contributed by atoms with Crippen LogP contribution in [0.1, 0.15) is 11.1 Å². The number of rotatable bonds is 5. The van der Waals surface area contributed by atoms with Gasteiger partial charge in [-0.25, -0.2) is 0 Å². The monoisotopic (exact) mass is 192 g/mol. The van der Waals surface area contributed by atoms with Gasteiger partial charge in [-0.2, -0.15) is 0 Å². The van der Waals surface area contributed by atoms with Gasteiger partial charge in [-0.3, -0.25) is 9.59 Å². The average molecular weight is 192 g/mol. The van der Waals surface area contributed by atoms with E-state index in [2.05, 4.69) is 5.32 Å². The average Bonchev–Trinajstić information content (AvgIpc) is 2.14. The lowest BCUT2D eigenvalue weighted by Gasteiger charge is -2.02. The third-order valence-corrected chi connectivity index (χ3v) is 1.76. The van der Waals surface area contributed by atoms with E-state index in [4.69, 9.17) is 5.73 Å². The second-order valence-corrected chi connectivity index (χ2v) is 2.96. The van der Waals surface area contributed by atoms with Gasteiger partial charge in [0.05, 0.1) is 6.42 Å². The fraction of sp³-hybridized carbons (Fsp3) is 0.200. The third-order valence-electron chi connectivity index (χ3n) is 1.76. The predicted molar refractivity (Wildman–Crippen MR) is 52.2 cm³/mol. The number of hydrogen-bond acceptors (Lipinski definition) is 2. The fourth-order valence-electron chi connectivity index (χ4n) is 1.21. The summed E-state index contributed by atoms with van der Waals surface area (Å²) in [5.41, 5.74) is 6.88. The van der Waals surface area contributed by atoms with Crippen molar-refractivity contribution in [2.75, 3.05) is 0 Å². The molecule has 3 N–H and O–H groups in total. The first-order valence-electron chi connectivity index (χ1n) is 4.25. The molecule has 4 nitrogen and oxygen atoms in total. The molecule has 0 saturated carbocycles. The summed E-state index contributed by atoms with van der Waals surface area (Å²) in [4.78, 5) is 20.7. The number of nitrogens with two attached hydrogens (primary N) is 1. The maximum absolute atomic E-state index is 10.6. The maximum Gasteiger partial charge on any atom is 0.221 e. The molecule has 0 aliphatic carbocycles. The molecule has 0 spiro atoms. The van der Waals surface area contributed by atoms with Gasteiger partial charge in [-0.15, -0.1) is 0 Å². The summed E-state index contributed by atoms with van der Waals surface area (Å²) in [5, 5.41) is 2.55. The molecule has 1 aromatic rings. The Kier molecular flexibility index (Phi) is 3.67. The highest BCUT2D eigenvalue weighted by atomic mass is 16.1. The van der Waals surface area contributed by atoms with Crippen LogP contribution in [0.3, 0.4) is 0 Å². The topological polar surface area (TPSA) is 72.2 Å². The summed E-state index contributed by atoms with van der Waals surface area (Å²) in [7, 11) is 0. The highest BCUT2D eigenvalue weighted by Crippen LogP contribution is 2.05. The zero-order chi connectivity index (χ0) is 10.4. The molecule has 14 heavy (non-hydrogen) atoms. The van der Waals surface area contributed by atoms with Crippen molar-refractivity contribution in [3.63, 3.8) is 0 Å². The zero-order valence-electron chi connectivity index (χ0n) is 7.69. The number of primary amides is 1. The van der Waals surface area contributed by atoms with Crippen molar-refractivity contribution >= 4 is 12.3 Å². The molecule has 0 aromatic heterocycles. The number of amides is 2. The minimum Gasteiger partial charge on any atom is -0.369 e. The highest BCUT2D eigenvalue weighted by molar-refractivity contribution is 5.76. The fourth-order valence-corrected chi connectivity index (χ4v) is 1.21. The molecule has 0 aliphatic rings. The Hall–Kier alpha value is -1.84. The summed E-state index contributed by atoms with van der Waals surface area (Å²) >= 11 is 0. The number of benzene rings is 1. The second-order valence-electron chi connectivity index (χ2n) is 2.96. The maximum atomic E-state index is 10.6. The SMILES string of the molecule is NC(=O)Cc1cccc(CNC=O)c1. The lowest BCUT2D eigenvalue weighted by molar-refractivity contribution is -0.117. The van der Waals surface area contributed by atoms with Gasteiger partial charge in [0.1, 0.15) is 0 Å². The van der Waals surface area contributed by atoms with Gasteiger partial charge in [-0.1, -0.05) is 24.3 Å². The number of hydrogen-bond donors (Lipinski definition) is 2. The Morgan fingerprint density at radius 3 is 2.79 bits per heavy atom. The van der Waals surface area contributed by atoms with Crippen LogP contribution in [0.4, 0.5) is 0 Å². The molecule has 0 radical (unpaired) electrons. The third kappa shape index (κ3) is 3.26. The van der Waals surface area contributed by atoms with Crippen LogP contribution in [-0.4, -0.2) is 12.3 Å². The van der Waals surface area contributed by atoms with Crippen LogP contribution in [0, 0.1) is 0 Å². The molecule has 0 bridgehead atoms. The van der Waals surface area contributed by atoms with Crippen LogP contribution in [0.5, 0.6) is 0 Å². The zero-order valence-corrected chi connectivity index (χ0v) is 7.69. The first-order valence-corrected chi connectivity index (χ1v) is 4.25. The van der Waals surface area contributed by atoms with E-state index in [9.17, 15) is 9.59 Å². The lowest BCUT2D eigenvalue weighted by Crippen LogP contribution is -2.14. The highest BCUT2D eigenvalue weighted by Gasteiger charge is 1.99. The largest absolute Gasteiger partial charge is 0.369 e. The summed E-state index contributed by atoms with van der Waals surface area (Å²) in [6.07, 6.45) is 0.871. The smallest absolute Gasteiger partial charge is 0.221 e. The quantitative estimate of drug-likeness (QED) is 0.642. The van der Waals surface area contributed by atoms with E-state index in [1.807, 2.05) is 24.3 Å². The van der Waals surface area contributed by atoms with Crippen molar-refractivity contribution in [3.05, 3.63) is 35.4 Å². The number of nitrogens with one attached hydrogen (secondary N) is 1. The van der Waals surface area contributed by atoms with E-state index >= 15 is 0 Å². The number of carbonyl (C=O) groups excluding carboxylic acids is 2. The Labute approximate surface area is 82.1 Å². The minimum atomic E-state index is -0.356. The first kappa shape index (κ1) is 10.2. The Morgan fingerprint density at radius 1 is 1.43 bits per heavy atom. The molecule has 1 rings (SSSR count). The van der Waals surface area contributed by atoms with Crippen LogP contribution in [0.25, 0.3) is 0 Å². The molecule has 2 amide bonds. The van der Waals surface area contributed by atoms with E-state index in [-0.39, 0.29) is 12.3 Å². The minimum absolute atomic E-state index is 0.231. The van der Waals surface area contributed by atoms with Crippen LogP contribution < -0.4 is 11.1 Å². The molecule has 0 atom stereocenters. The van der Waals surface area contributed by atoms with Crippen molar-refractivity contribution in [2.45, 2.75) is 13.0 Å². The number of carbonyl (C=O) groups is 2. The van der Waals surface area contributed by atoms with Crippen molar-refractivity contribution in [1.29, 1.82) is 0 Å². The first-order chi connectivity index (χ1) is 6.72.